The lowest BCUT2D eigenvalue weighted by atomic mass is 10.0. The van der Waals surface area contributed by atoms with Crippen LogP contribution >= 0.6 is 0 Å². The molecule has 10 heteroatoms. The fraction of sp³-hybridized carbons (Fsp3) is 0.357. The van der Waals surface area contributed by atoms with Crippen molar-refractivity contribution in [1.29, 1.82) is 0 Å². The number of amides is 3. The lowest BCUT2D eigenvalue weighted by Gasteiger charge is -2.32. The third-order valence-corrected chi connectivity index (χ3v) is 6.89. The maximum Gasteiger partial charge on any atom is 0.327 e. The van der Waals surface area contributed by atoms with Crippen molar-refractivity contribution in [2.45, 2.75) is 44.8 Å². The number of carbonyl (C=O) groups excluding carboxylic acids is 2. The van der Waals surface area contributed by atoms with Crippen molar-refractivity contribution in [3.63, 3.8) is 0 Å². The molecule has 2 heterocycles. The molecule has 38 heavy (non-hydrogen) atoms. The number of hydrogen-bond donors (Lipinski definition) is 3. The smallest absolute Gasteiger partial charge is 0.327 e. The summed E-state index contributed by atoms with van der Waals surface area (Å²) in [7, 11) is 1.57. The molecule has 0 saturated carbocycles. The van der Waals surface area contributed by atoms with Crippen LogP contribution in [0.25, 0.3) is 10.8 Å². The van der Waals surface area contributed by atoms with E-state index >= 15 is 0 Å². The number of imide groups is 1. The van der Waals surface area contributed by atoms with Crippen LogP contribution in [0.5, 0.6) is 5.75 Å². The molecular weight excluding hydrogens is 486 g/mol. The van der Waals surface area contributed by atoms with E-state index in [1.807, 2.05) is 43.3 Å². The molecule has 4 rings (SSSR count). The summed E-state index contributed by atoms with van der Waals surface area (Å²) in [6.45, 7) is 2.15. The Balaban J connectivity index is 1.66. The number of urea groups is 1. The van der Waals surface area contributed by atoms with Crippen LogP contribution in [0.1, 0.15) is 30.9 Å². The van der Waals surface area contributed by atoms with E-state index in [0.717, 1.165) is 34.7 Å². The highest BCUT2D eigenvalue weighted by atomic mass is 16.5. The molecule has 0 unspecified atom stereocenters. The average molecular weight is 520 g/mol. The first-order chi connectivity index (χ1) is 18.3. The molecule has 1 aromatic heterocycles. The van der Waals surface area contributed by atoms with E-state index in [-0.39, 0.29) is 25.0 Å². The van der Waals surface area contributed by atoms with E-state index < -0.39 is 24.5 Å². The molecule has 0 spiro atoms. The second-order valence-electron chi connectivity index (χ2n) is 9.52. The number of pyridine rings is 1. The first-order valence-electron chi connectivity index (χ1n) is 12.6. The summed E-state index contributed by atoms with van der Waals surface area (Å²) in [6, 6.07) is 13.2. The van der Waals surface area contributed by atoms with Gasteiger partial charge < -0.3 is 20.5 Å². The Kier molecular flexibility index (Phi) is 8.42. The largest absolute Gasteiger partial charge is 0.497 e. The Morgan fingerprint density at radius 1 is 1.18 bits per heavy atom. The van der Waals surface area contributed by atoms with Crippen molar-refractivity contribution in [3.05, 3.63) is 65.9 Å². The lowest BCUT2D eigenvalue weighted by Crippen LogP contribution is -2.54. The summed E-state index contributed by atoms with van der Waals surface area (Å²) in [6.07, 6.45) is 3.55. The van der Waals surface area contributed by atoms with Gasteiger partial charge in [0.1, 0.15) is 11.6 Å². The predicted molar refractivity (Wildman–Crippen MR) is 144 cm³/mol. The van der Waals surface area contributed by atoms with Gasteiger partial charge in [-0.1, -0.05) is 24.3 Å². The van der Waals surface area contributed by atoms with Gasteiger partial charge in [0, 0.05) is 24.2 Å². The predicted octanol–water partition coefficient (Wildman–Crippen LogP) is 3.04. The van der Waals surface area contributed by atoms with Crippen molar-refractivity contribution >= 4 is 34.5 Å². The van der Waals surface area contributed by atoms with Gasteiger partial charge in [-0.3, -0.25) is 19.8 Å². The van der Waals surface area contributed by atoms with E-state index in [0.29, 0.717) is 18.1 Å². The summed E-state index contributed by atoms with van der Waals surface area (Å²) in [5.41, 5.74) is 7.54. The number of carbonyl (C=O) groups is 3. The fourth-order valence-electron chi connectivity index (χ4n) is 4.79. The highest BCUT2D eigenvalue weighted by Gasteiger charge is 2.35. The number of nitrogens with two attached hydrogens (primary N) is 1. The van der Waals surface area contributed by atoms with Gasteiger partial charge in [-0.15, -0.1) is 0 Å². The number of carboxylic acids is 1. The number of anilines is 1. The third-order valence-electron chi connectivity index (χ3n) is 6.89. The molecule has 1 saturated heterocycles. The minimum Gasteiger partial charge on any atom is -0.497 e. The van der Waals surface area contributed by atoms with Crippen molar-refractivity contribution in [2.75, 3.05) is 25.9 Å². The zero-order chi connectivity index (χ0) is 27.2. The molecule has 1 aliphatic rings. The monoisotopic (exact) mass is 519 g/mol. The normalized spacial score (nSPS) is 15.8. The number of aromatic nitrogens is 1. The molecule has 2 aromatic carbocycles. The molecular formula is C28H33N5O5. The molecule has 0 radical (unpaired) electrons. The minimum absolute atomic E-state index is 0.00675. The van der Waals surface area contributed by atoms with E-state index in [2.05, 4.69) is 10.3 Å². The number of rotatable bonds is 9. The van der Waals surface area contributed by atoms with Crippen LogP contribution in [0, 0.1) is 0 Å². The van der Waals surface area contributed by atoms with E-state index in [1.165, 1.54) is 4.90 Å². The lowest BCUT2D eigenvalue weighted by molar-refractivity contribution is -0.136. The summed E-state index contributed by atoms with van der Waals surface area (Å²) in [4.78, 5) is 46.1. The molecule has 1 fully saturated rings. The van der Waals surface area contributed by atoms with Gasteiger partial charge in [0.15, 0.2) is 0 Å². The number of nitrogen functional groups attached to an aromatic ring is 1. The van der Waals surface area contributed by atoms with Gasteiger partial charge in [0.05, 0.1) is 26.2 Å². The summed E-state index contributed by atoms with van der Waals surface area (Å²) in [5, 5.41) is 13.8. The fourth-order valence-corrected chi connectivity index (χ4v) is 4.79. The number of nitrogens with zero attached hydrogens (tertiary/aromatic N) is 3. The number of likely N-dealkylation sites (tertiary alicyclic amines) is 1. The highest BCUT2D eigenvalue weighted by Crippen LogP contribution is 2.24. The number of ether oxygens (including phenoxy) is 1. The van der Waals surface area contributed by atoms with Gasteiger partial charge in [-0.2, -0.15) is 0 Å². The number of methoxy groups -OCH3 is 1. The second-order valence-corrected chi connectivity index (χ2v) is 9.52. The van der Waals surface area contributed by atoms with E-state index in [1.54, 1.807) is 30.3 Å². The third kappa shape index (κ3) is 6.20. The zero-order valence-corrected chi connectivity index (χ0v) is 21.6. The SMILES string of the molecule is COc1ccc(C[C@@H](NCC(=O)O)C(=O)N(Cc2ccc3c(N)nccc3c2)C(=O)N2CCC[C@H]2C)cc1. The van der Waals surface area contributed by atoms with Crippen molar-refractivity contribution < 1.29 is 24.2 Å². The van der Waals surface area contributed by atoms with Crippen molar-refractivity contribution in [1.82, 2.24) is 20.1 Å². The zero-order valence-electron chi connectivity index (χ0n) is 21.6. The Morgan fingerprint density at radius 2 is 1.92 bits per heavy atom. The second kappa shape index (κ2) is 11.9. The van der Waals surface area contributed by atoms with Crippen LogP contribution in [0.3, 0.4) is 0 Å². The number of carboxylic acid groups (broad SMARTS) is 1. The van der Waals surface area contributed by atoms with Crippen LogP contribution in [-0.2, 0) is 22.6 Å². The molecule has 3 amide bonds. The van der Waals surface area contributed by atoms with E-state index in [9.17, 15) is 19.5 Å². The van der Waals surface area contributed by atoms with E-state index in [4.69, 9.17) is 10.5 Å². The Labute approximate surface area is 221 Å². The van der Waals surface area contributed by atoms with Gasteiger partial charge in [0.2, 0.25) is 5.91 Å². The Bertz CT molecular complexity index is 1310. The maximum atomic E-state index is 14.0. The quantitative estimate of drug-likeness (QED) is 0.392. The molecule has 2 atom stereocenters. The summed E-state index contributed by atoms with van der Waals surface area (Å²) < 4.78 is 5.21. The van der Waals surface area contributed by atoms with Crippen molar-refractivity contribution in [3.8, 4) is 5.75 Å². The average Bonchev–Trinajstić information content (AvgIpc) is 3.35. The minimum atomic E-state index is -1.09. The summed E-state index contributed by atoms with van der Waals surface area (Å²) >= 11 is 0. The maximum absolute atomic E-state index is 14.0. The molecule has 10 nitrogen and oxygen atoms in total. The van der Waals surface area contributed by atoms with Crippen LogP contribution < -0.4 is 15.8 Å². The Hall–Kier alpha value is -4.18. The van der Waals surface area contributed by atoms with Crippen LogP contribution in [-0.4, -0.2) is 70.1 Å². The first-order valence-corrected chi connectivity index (χ1v) is 12.6. The molecule has 3 aromatic rings. The molecule has 0 aliphatic carbocycles. The number of aliphatic carboxylic acids is 1. The van der Waals surface area contributed by atoms with Gasteiger partial charge >= 0.3 is 12.0 Å². The van der Waals surface area contributed by atoms with Gasteiger partial charge in [0.25, 0.3) is 0 Å². The summed E-state index contributed by atoms with van der Waals surface area (Å²) in [5.74, 6) is -0.506. The van der Waals surface area contributed by atoms with Crippen LogP contribution in [0.4, 0.5) is 10.6 Å². The van der Waals surface area contributed by atoms with Crippen molar-refractivity contribution in [2.24, 2.45) is 0 Å². The topological polar surface area (TPSA) is 138 Å². The van der Waals surface area contributed by atoms with Crippen LogP contribution in [0.15, 0.2) is 54.7 Å². The number of nitrogens with one attached hydrogen (secondary N) is 1. The highest BCUT2D eigenvalue weighted by molar-refractivity contribution is 5.98. The molecule has 0 bridgehead atoms. The number of benzene rings is 2. The van der Waals surface area contributed by atoms with Gasteiger partial charge in [-0.05, 0) is 67.0 Å². The first kappa shape index (κ1) is 26.9. The molecule has 4 N–H and O–H groups in total. The molecule has 200 valence electrons. The van der Waals surface area contributed by atoms with Gasteiger partial charge in [-0.25, -0.2) is 9.78 Å². The number of hydrogen-bond acceptors (Lipinski definition) is 7. The number of fused-ring (bicyclic) bond motifs is 1. The Morgan fingerprint density at radius 3 is 2.58 bits per heavy atom. The standard InChI is InChI=1S/C28H33N5O5/c1-18-4-3-13-32(18)28(37)33(17-20-7-10-23-21(14-20)11-12-30-26(23)29)27(36)24(31-16-25(34)35)15-19-5-8-22(38-2)9-6-19/h5-12,14,18,24,31H,3-4,13,15-17H2,1-2H3,(H2,29,30)(H,34,35)/t18-,24-/m1/s1. The molecule has 1 aliphatic heterocycles. The van der Waals surface area contributed by atoms with Crippen LogP contribution in [0.2, 0.25) is 0 Å².